The molecular formula is C10H19NO3. The zero-order valence-corrected chi connectivity index (χ0v) is 9.33. The van der Waals surface area contributed by atoms with E-state index in [1.165, 1.54) is 0 Å². The third-order valence-electron chi connectivity index (χ3n) is 2.82. The minimum Gasteiger partial charge on any atom is -0.395 e. The maximum absolute atomic E-state index is 12.0. The standard InChI is InChI=1S/C10H19NO3/c1-9(2,3)11(4)8(13)10(5-12)6-14-7-10/h12H,5-7H2,1-4H3. The van der Waals surface area contributed by atoms with Gasteiger partial charge in [0.25, 0.3) is 0 Å². The summed E-state index contributed by atoms with van der Waals surface area (Å²) >= 11 is 0. The van der Waals surface area contributed by atoms with E-state index in [0.29, 0.717) is 13.2 Å². The van der Waals surface area contributed by atoms with Crippen LogP contribution in [0.25, 0.3) is 0 Å². The van der Waals surface area contributed by atoms with Crippen LogP contribution in [-0.2, 0) is 9.53 Å². The van der Waals surface area contributed by atoms with Crippen molar-refractivity contribution in [2.75, 3.05) is 26.9 Å². The first-order valence-corrected chi connectivity index (χ1v) is 4.80. The van der Waals surface area contributed by atoms with Gasteiger partial charge in [0, 0.05) is 12.6 Å². The number of amides is 1. The van der Waals surface area contributed by atoms with E-state index in [4.69, 9.17) is 4.74 Å². The van der Waals surface area contributed by atoms with E-state index in [9.17, 15) is 9.90 Å². The summed E-state index contributed by atoms with van der Waals surface area (Å²) in [6.07, 6.45) is 0. The topological polar surface area (TPSA) is 49.8 Å². The van der Waals surface area contributed by atoms with Crippen LogP contribution in [0.1, 0.15) is 20.8 Å². The van der Waals surface area contributed by atoms with Crippen LogP contribution in [-0.4, -0.2) is 48.3 Å². The molecule has 0 radical (unpaired) electrons. The lowest BCUT2D eigenvalue weighted by Gasteiger charge is -2.44. The first-order valence-electron chi connectivity index (χ1n) is 4.80. The Morgan fingerprint density at radius 1 is 1.50 bits per heavy atom. The maximum atomic E-state index is 12.0. The fraction of sp³-hybridized carbons (Fsp3) is 0.900. The molecule has 1 N–H and O–H groups in total. The highest BCUT2D eigenvalue weighted by Gasteiger charge is 2.48. The Morgan fingerprint density at radius 2 is 2.00 bits per heavy atom. The molecule has 0 aromatic rings. The molecule has 4 heteroatoms. The Kier molecular flexibility index (Phi) is 2.88. The Bertz CT molecular complexity index is 223. The van der Waals surface area contributed by atoms with Crippen molar-refractivity contribution in [3.63, 3.8) is 0 Å². The summed E-state index contributed by atoms with van der Waals surface area (Å²) in [4.78, 5) is 13.7. The van der Waals surface area contributed by atoms with Crippen LogP contribution >= 0.6 is 0 Å². The second kappa shape index (κ2) is 3.51. The highest BCUT2D eigenvalue weighted by Crippen LogP contribution is 2.31. The Balaban J connectivity index is 2.74. The number of nitrogens with zero attached hydrogens (tertiary/aromatic N) is 1. The largest absolute Gasteiger partial charge is 0.395 e. The van der Waals surface area contributed by atoms with E-state index in [0.717, 1.165) is 0 Å². The summed E-state index contributed by atoms with van der Waals surface area (Å²) in [5.41, 5.74) is -0.892. The maximum Gasteiger partial charge on any atom is 0.236 e. The molecule has 0 aromatic carbocycles. The molecule has 0 aromatic heterocycles. The van der Waals surface area contributed by atoms with Crippen molar-refractivity contribution < 1.29 is 14.6 Å². The van der Waals surface area contributed by atoms with Crippen molar-refractivity contribution in [3.05, 3.63) is 0 Å². The summed E-state index contributed by atoms with van der Waals surface area (Å²) in [5, 5.41) is 9.19. The molecular weight excluding hydrogens is 182 g/mol. The van der Waals surface area contributed by atoms with E-state index in [1.807, 2.05) is 20.8 Å². The first-order chi connectivity index (χ1) is 6.33. The number of rotatable bonds is 2. The van der Waals surface area contributed by atoms with Gasteiger partial charge in [-0.3, -0.25) is 4.79 Å². The Hall–Kier alpha value is -0.610. The summed E-state index contributed by atoms with van der Waals surface area (Å²) in [7, 11) is 1.76. The minimum atomic E-state index is -0.679. The van der Waals surface area contributed by atoms with Gasteiger partial charge in [0.15, 0.2) is 0 Å². The van der Waals surface area contributed by atoms with Crippen LogP contribution in [0.2, 0.25) is 0 Å². The average molecular weight is 201 g/mol. The molecule has 0 bridgehead atoms. The van der Waals surface area contributed by atoms with Crippen molar-refractivity contribution in [1.82, 2.24) is 4.90 Å². The number of hydrogen-bond acceptors (Lipinski definition) is 3. The van der Waals surface area contributed by atoms with Gasteiger partial charge >= 0.3 is 0 Å². The van der Waals surface area contributed by atoms with Crippen LogP contribution in [0.3, 0.4) is 0 Å². The molecule has 4 nitrogen and oxygen atoms in total. The summed E-state index contributed by atoms with van der Waals surface area (Å²) in [5.74, 6) is -0.0289. The lowest BCUT2D eigenvalue weighted by molar-refractivity contribution is -0.183. The number of carbonyl (C=O) groups is 1. The Labute approximate surface area is 84.8 Å². The van der Waals surface area contributed by atoms with E-state index in [-0.39, 0.29) is 18.1 Å². The van der Waals surface area contributed by atoms with Crippen molar-refractivity contribution >= 4 is 5.91 Å². The first kappa shape index (κ1) is 11.5. The molecule has 1 fully saturated rings. The minimum absolute atomic E-state index is 0.0289. The van der Waals surface area contributed by atoms with Gasteiger partial charge in [-0.1, -0.05) is 0 Å². The molecule has 1 rings (SSSR count). The quantitative estimate of drug-likeness (QED) is 0.697. The van der Waals surface area contributed by atoms with Crippen LogP contribution in [0, 0.1) is 5.41 Å². The summed E-state index contributed by atoms with van der Waals surface area (Å²) in [6.45, 7) is 6.44. The molecule has 0 aliphatic carbocycles. The molecule has 0 saturated carbocycles. The van der Waals surface area contributed by atoms with Crippen molar-refractivity contribution in [1.29, 1.82) is 0 Å². The molecule has 0 spiro atoms. The zero-order chi connectivity index (χ0) is 11.0. The molecule has 0 unspecified atom stereocenters. The van der Waals surface area contributed by atoms with E-state index >= 15 is 0 Å². The van der Waals surface area contributed by atoms with Gasteiger partial charge in [-0.05, 0) is 20.8 Å². The molecule has 82 valence electrons. The molecule has 1 amide bonds. The van der Waals surface area contributed by atoms with E-state index in [1.54, 1.807) is 11.9 Å². The molecule has 14 heavy (non-hydrogen) atoms. The normalized spacial score (nSPS) is 20.1. The van der Waals surface area contributed by atoms with Crippen LogP contribution in [0.15, 0.2) is 0 Å². The lowest BCUT2D eigenvalue weighted by Crippen LogP contribution is -2.59. The number of hydrogen-bond donors (Lipinski definition) is 1. The van der Waals surface area contributed by atoms with Crippen molar-refractivity contribution in [3.8, 4) is 0 Å². The van der Waals surface area contributed by atoms with Crippen LogP contribution in [0.5, 0.6) is 0 Å². The SMILES string of the molecule is CN(C(=O)C1(CO)COC1)C(C)(C)C. The lowest BCUT2D eigenvalue weighted by atomic mass is 9.84. The monoisotopic (exact) mass is 201 g/mol. The fourth-order valence-corrected chi connectivity index (χ4v) is 1.29. The van der Waals surface area contributed by atoms with E-state index in [2.05, 4.69) is 0 Å². The average Bonchev–Trinajstić information content (AvgIpc) is 2.00. The van der Waals surface area contributed by atoms with Crippen molar-refractivity contribution in [2.45, 2.75) is 26.3 Å². The van der Waals surface area contributed by atoms with Gasteiger partial charge in [0.2, 0.25) is 5.91 Å². The Morgan fingerprint density at radius 3 is 2.21 bits per heavy atom. The van der Waals surface area contributed by atoms with Gasteiger partial charge in [0.1, 0.15) is 5.41 Å². The second-order valence-electron chi connectivity index (χ2n) is 4.97. The second-order valence-corrected chi connectivity index (χ2v) is 4.97. The predicted molar refractivity (Wildman–Crippen MR) is 52.9 cm³/mol. The zero-order valence-electron chi connectivity index (χ0n) is 9.33. The number of carbonyl (C=O) groups excluding carboxylic acids is 1. The van der Waals surface area contributed by atoms with Crippen LogP contribution in [0.4, 0.5) is 0 Å². The fourth-order valence-electron chi connectivity index (χ4n) is 1.29. The molecule has 1 aliphatic rings. The van der Waals surface area contributed by atoms with Gasteiger partial charge in [-0.15, -0.1) is 0 Å². The number of aliphatic hydroxyl groups is 1. The van der Waals surface area contributed by atoms with Gasteiger partial charge in [0.05, 0.1) is 19.8 Å². The number of ether oxygens (including phenoxy) is 1. The van der Waals surface area contributed by atoms with Crippen molar-refractivity contribution in [2.24, 2.45) is 5.41 Å². The third-order valence-corrected chi connectivity index (χ3v) is 2.82. The van der Waals surface area contributed by atoms with Crippen LogP contribution < -0.4 is 0 Å². The number of aliphatic hydroxyl groups excluding tert-OH is 1. The molecule has 1 saturated heterocycles. The van der Waals surface area contributed by atoms with Gasteiger partial charge in [-0.2, -0.15) is 0 Å². The van der Waals surface area contributed by atoms with E-state index < -0.39 is 5.41 Å². The third kappa shape index (κ3) is 1.77. The molecule has 1 heterocycles. The molecule has 0 atom stereocenters. The summed E-state index contributed by atoms with van der Waals surface area (Å²) in [6, 6.07) is 0. The highest BCUT2D eigenvalue weighted by molar-refractivity contribution is 5.84. The van der Waals surface area contributed by atoms with Gasteiger partial charge < -0.3 is 14.7 Å². The van der Waals surface area contributed by atoms with Gasteiger partial charge in [-0.25, -0.2) is 0 Å². The molecule has 1 aliphatic heterocycles. The summed E-state index contributed by atoms with van der Waals surface area (Å²) < 4.78 is 5.01. The smallest absolute Gasteiger partial charge is 0.236 e. The highest BCUT2D eigenvalue weighted by atomic mass is 16.5. The predicted octanol–water partition coefficient (Wildman–Crippen LogP) is 0.252.